The fourth-order valence-corrected chi connectivity index (χ4v) is 2.33. The molecule has 0 saturated carbocycles. The van der Waals surface area contributed by atoms with Gasteiger partial charge < -0.3 is 11.1 Å². The van der Waals surface area contributed by atoms with E-state index in [-0.39, 0.29) is 11.4 Å². The highest BCUT2D eigenvalue weighted by atomic mass is 79.9. The first-order valence-electron chi connectivity index (χ1n) is 5.23. The Morgan fingerprint density at radius 3 is 2.58 bits per heavy atom. The summed E-state index contributed by atoms with van der Waals surface area (Å²) in [5.74, 6) is 0. The van der Waals surface area contributed by atoms with E-state index in [4.69, 9.17) is 17.3 Å². The number of nitrogens with zero attached hydrogens (tertiary/aromatic N) is 1. The molecule has 0 aromatic heterocycles. The molecule has 2 aromatic carbocycles. The number of nitro benzene ring substituents is 1. The van der Waals surface area contributed by atoms with Crippen LogP contribution in [0.5, 0.6) is 0 Å². The summed E-state index contributed by atoms with van der Waals surface area (Å²) in [6, 6.07) is 9.75. The van der Waals surface area contributed by atoms with E-state index in [0.29, 0.717) is 10.7 Å². The molecule has 0 fully saturated rings. The molecule has 0 heterocycles. The quantitative estimate of drug-likeness (QED) is 0.494. The molecule has 2 rings (SSSR count). The van der Waals surface area contributed by atoms with Crippen LogP contribution in [0.25, 0.3) is 0 Å². The molecule has 3 N–H and O–H groups in total. The van der Waals surface area contributed by atoms with E-state index in [1.165, 1.54) is 12.1 Å². The predicted octanol–water partition coefficient (Wildman–Crippen LogP) is 4.34. The van der Waals surface area contributed by atoms with Gasteiger partial charge >= 0.3 is 0 Å². The number of nitrogen functional groups attached to an aromatic ring is 1. The number of nitro groups is 1. The number of nitrogens with two attached hydrogens (primary N) is 1. The molecule has 0 spiro atoms. The minimum absolute atomic E-state index is 0.110. The Morgan fingerprint density at radius 1 is 1.26 bits per heavy atom. The molecule has 0 unspecified atom stereocenters. The molecule has 0 saturated heterocycles. The Bertz CT molecular complexity index is 649. The summed E-state index contributed by atoms with van der Waals surface area (Å²) < 4.78 is 0.789. The van der Waals surface area contributed by atoms with Gasteiger partial charge in [-0.05, 0) is 46.3 Å². The van der Waals surface area contributed by atoms with Crippen molar-refractivity contribution in [2.75, 3.05) is 11.1 Å². The summed E-state index contributed by atoms with van der Waals surface area (Å²) in [7, 11) is 0. The predicted molar refractivity (Wildman–Crippen MR) is 79.9 cm³/mol. The number of rotatable bonds is 3. The van der Waals surface area contributed by atoms with Gasteiger partial charge in [0.1, 0.15) is 5.69 Å². The van der Waals surface area contributed by atoms with Crippen molar-refractivity contribution in [1.29, 1.82) is 0 Å². The van der Waals surface area contributed by atoms with Gasteiger partial charge in [-0.25, -0.2) is 0 Å². The van der Waals surface area contributed by atoms with E-state index in [2.05, 4.69) is 21.2 Å². The first-order valence-corrected chi connectivity index (χ1v) is 6.40. The molecular weight excluding hydrogens is 334 g/mol. The van der Waals surface area contributed by atoms with Gasteiger partial charge in [0.05, 0.1) is 10.6 Å². The minimum atomic E-state index is -0.517. The second kappa shape index (κ2) is 5.46. The number of hydrogen-bond acceptors (Lipinski definition) is 4. The van der Waals surface area contributed by atoms with E-state index in [0.717, 1.165) is 10.2 Å². The van der Waals surface area contributed by atoms with Gasteiger partial charge in [-0.3, -0.25) is 10.1 Å². The molecule has 0 aliphatic rings. The lowest BCUT2D eigenvalue weighted by molar-refractivity contribution is -0.383. The van der Waals surface area contributed by atoms with Crippen molar-refractivity contribution in [2.24, 2.45) is 0 Å². The molecule has 7 heteroatoms. The van der Waals surface area contributed by atoms with Gasteiger partial charge in [-0.2, -0.15) is 0 Å². The van der Waals surface area contributed by atoms with Gasteiger partial charge in [0.15, 0.2) is 0 Å². The van der Waals surface area contributed by atoms with Crippen LogP contribution >= 0.6 is 27.5 Å². The van der Waals surface area contributed by atoms with E-state index >= 15 is 0 Å². The zero-order chi connectivity index (χ0) is 14.0. The van der Waals surface area contributed by atoms with Crippen molar-refractivity contribution in [2.45, 2.75) is 0 Å². The maximum absolute atomic E-state index is 10.7. The molecule has 5 nitrogen and oxygen atoms in total. The Labute approximate surface area is 122 Å². The van der Waals surface area contributed by atoms with Gasteiger partial charge in [-0.15, -0.1) is 0 Å². The average molecular weight is 343 g/mol. The summed E-state index contributed by atoms with van der Waals surface area (Å²) in [6.07, 6.45) is 0. The topological polar surface area (TPSA) is 81.2 Å². The normalized spacial score (nSPS) is 10.2. The highest BCUT2D eigenvalue weighted by Crippen LogP contribution is 2.31. The maximum atomic E-state index is 10.7. The molecule has 98 valence electrons. The molecule has 0 radical (unpaired) electrons. The molecule has 0 bridgehead atoms. The lowest BCUT2D eigenvalue weighted by Gasteiger charge is -2.09. The van der Waals surface area contributed by atoms with E-state index in [1.807, 2.05) is 0 Å². The molecule has 2 aromatic rings. The molecule has 19 heavy (non-hydrogen) atoms. The van der Waals surface area contributed by atoms with Crippen LogP contribution in [0, 0.1) is 10.1 Å². The standard InChI is InChI=1S/C12H9BrClN3O2/c13-9-5-7(14)1-3-11(9)16-8-2-4-12(17(18)19)10(15)6-8/h1-6,16H,15H2. The van der Waals surface area contributed by atoms with Crippen LogP contribution in [0.2, 0.25) is 5.02 Å². The summed E-state index contributed by atoms with van der Waals surface area (Å²) in [6.45, 7) is 0. The van der Waals surface area contributed by atoms with Crippen LogP contribution in [-0.4, -0.2) is 4.92 Å². The first-order chi connectivity index (χ1) is 8.97. The van der Waals surface area contributed by atoms with Crippen molar-refractivity contribution in [3.8, 4) is 0 Å². The number of benzene rings is 2. The van der Waals surface area contributed by atoms with Crippen molar-refractivity contribution in [3.05, 3.63) is 56.0 Å². The Morgan fingerprint density at radius 2 is 2.00 bits per heavy atom. The fourth-order valence-electron chi connectivity index (χ4n) is 1.54. The molecule has 0 atom stereocenters. The summed E-state index contributed by atoms with van der Waals surface area (Å²) in [5.41, 5.74) is 7.07. The zero-order valence-corrected chi connectivity index (χ0v) is 11.9. The van der Waals surface area contributed by atoms with Crippen molar-refractivity contribution in [3.63, 3.8) is 0 Å². The highest BCUT2D eigenvalue weighted by Gasteiger charge is 2.11. The number of halogens is 2. The number of nitrogens with one attached hydrogen (secondary N) is 1. The molecule has 0 aliphatic carbocycles. The van der Waals surface area contributed by atoms with Gasteiger partial charge in [-0.1, -0.05) is 11.6 Å². The zero-order valence-electron chi connectivity index (χ0n) is 9.56. The Kier molecular flexibility index (Phi) is 3.92. The third-order valence-electron chi connectivity index (χ3n) is 2.43. The van der Waals surface area contributed by atoms with Crippen LogP contribution in [0.1, 0.15) is 0 Å². The molecule has 0 aliphatic heterocycles. The van der Waals surface area contributed by atoms with Crippen LogP contribution < -0.4 is 11.1 Å². The van der Waals surface area contributed by atoms with Crippen LogP contribution in [0.4, 0.5) is 22.7 Å². The number of anilines is 3. The second-order valence-electron chi connectivity index (χ2n) is 3.78. The summed E-state index contributed by atoms with van der Waals surface area (Å²) >= 11 is 9.22. The van der Waals surface area contributed by atoms with Crippen LogP contribution in [0.3, 0.4) is 0 Å². The first kappa shape index (κ1) is 13.6. The van der Waals surface area contributed by atoms with E-state index in [1.54, 1.807) is 24.3 Å². The fraction of sp³-hybridized carbons (Fsp3) is 0. The minimum Gasteiger partial charge on any atom is -0.393 e. The monoisotopic (exact) mass is 341 g/mol. The smallest absolute Gasteiger partial charge is 0.292 e. The third-order valence-corrected chi connectivity index (χ3v) is 3.33. The lowest BCUT2D eigenvalue weighted by atomic mass is 10.2. The van der Waals surface area contributed by atoms with Crippen LogP contribution in [0.15, 0.2) is 40.9 Å². The molecule has 0 amide bonds. The summed E-state index contributed by atoms with van der Waals surface area (Å²) in [4.78, 5) is 10.1. The Hall–Kier alpha value is -1.79. The van der Waals surface area contributed by atoms with Crippen molar-refractivity contribution < 1.29 is 4.92 Å². The largest absolute Gasteiger partial charge is 0.393 e. The third kappa shape index (κ3) is 3.15. The van der Waals surface area contributed by atoms with E-state index < -0.39 is 4.92 Å². The highest BCUT2D eigenvalue weighted by molar-refractivity contribution is 9.10. The summed E-state index contributed by atoms with van der Waals surface area (Å²) in [5, 5.41) is 14.4. The van der Waals surface area contributed by atoms with Crippen LogP contribution in [-0.2, 0) is 0 Å². The van der Waals surface area contributed by atoms with Gasteiger partial charge in [0, 0.05) is 21.2 Å². The van der Waals surface area contributed by atoms with Gasteiger partial charge in [0.2, 0.25) is 0 Å². The molecular formula is C12H9BrClN3O2. The van der Waals surface area contributed by atoms with Gasteiger partial charge in [0.25, 0.3) is 5.69 Å². The SMILES string of the molecule is Nc1cc(Nc2ccc(Cl)cc2Br)ccc1[N+](=O)[O-]. The maximum Gasteiger partial charge on any atom is 0.292 e. The Balaban J connectivity index is 2.29. The van der Waals surface area contributed by atoms with E-state index in [9.17, 15) is 10.1 Å². The second-order valence-corrected chi connectivity index (χ2v) is 5.07. The number of hydrogen-bond donors (Lipinski definition) is 2. The van der Waals surface area contributed by atoms with Crippen molar-refractivity contribution in [1.82, 2.24) is 0 Å². The average Bonchev–Trinajstić information content (AvgIpc) is 2.32. The van der Waals surface area contributed by atoms with Crippen molar-refractivity contribution >= 4 is 50.3 Å². The lowest BCUT2D eigenvalue weighted by Crippen LogP contribution is -1.98.